The Morgan fingerprint density at radius 2 is 1.70 bits per heavy atom. The molecule has 1 aliphatic heterocycles. The number of benzene rings is 1. The quantitative estimate of drug-likeness (QED) is 0.576. The van der Waals surface area contributed by atoms with E-state index in [1.807, 2.05) is 38.1 Å². The zero-order valence-electron chi connectivity index (χ0n) is 17.6. The van der Waals surface area contributed by atoms with Crippen LogP contribution in [0.4, 0.5) is 0 Å². The van der Waals surface area contributed by atoms with Gasteiger partial charge in [0.25, 0.3) is 0 Å². The van der Waals surface area contributed by atoms with E-state index >= 15 is 0 Å². The van der Waals surface area contributed by atoms with Crippen LogP contribution in [-0.2, 0) is 14.8 Å². The highest BCUT2D eigenvalue weighted by Gasteiger charge is 2.31. The van der Waals surface area contributed by atoms with Gasteiger partial charge in [-0.25, -0.2) is 8.42 Å². The number of carbonyl (C=O) groups is 1. The summed E-state index contributed by atoms with van der Waals surface area (Å²) in [5.41, 5.74) is 0. The molecule has 0 aliphatic carbocycles. The number of nitrogens with zero attached hydrogens (tertiary/aromatic N) is 2. The summed E-state index contributed by atoms with van der Waals surface area (Å²) in [5.74, 6) is 1.54. The zero-order valence-corrected chi connectivity index (χ0v) is 19.2. The van der Waals surface area contributed by atoms with Crippen molar-refractivity contribution in [2.24, 2.45) is 0 Å². The first-order chi connectivity index (χ1) is 14.3. The summed E-state index contributed by atoms with van der Waals surface area (Å²) in [6.07, 6.45) is 0.989. The first-order valence-electron chi connectivity index (χ1n) is 9.93. The van der Waals surface area contributed by atoms with Crippen LogP contribution in [0.25, 0.3) is 0 Å². The van der Waals surface area contributed by atoms with E-state index in [1.165, 1.54) is 15.6 Å². The maximum absolute atomic E-state index is 12.9. The molecule has 0 bridgehead atoms. The van der Waals surface area contributed by atoms with Crippen molar-refractivity contribution in [3.05, 3.63) is 40.1 Å². The van der Waals surface area contributed by atoms with E-state index in [2.05, 4.69) is 0 Å². The molecule has 2 heterocycles. The molecular weight excluding hydrogens is 424 g/mol. The molecule has 1 aliphatic rings. The molecule has 0 N–H and O–H groups in total. The summed E-state index contributed by atoms with van der Waals surface area (Å²) < 4.78 is 38.0. The third kappa shape index (κ3) is 5.33. The number of sulfonamides is 1. The van der Waals surface area contributed by atoms with Gasteiger partial charge in [0.1, 0.15) is 11.5 Å². The summed E-state index contributed by atoms with van der Waals surface area (Å²) in [6, 6.07) is 9.05. The largest absolute Gasteiger partial charge is 0.497 e. The molecule has 0 unspecified atom stereocenters. The first-order valence-corrected chi connectivity index (χ1v) is 12.2. The fourth-order valence-corrected chi connectivity index (χ4v) is 6.37. The molecule has 2 aromatic rings. The van der Waals surface area contributed by atoms with Gasteiger partial charge in [-0.3, -0.25) is 4.79 Å². The van der Waals surface area contributed by atoms with Crippen molar-refractivity contribution in [1.82, 2.24) is 9.21 Å². The molecule has 0 saturated carbocycles. The Hall–Kier alpha value is -2.10. The standard InChI is InChI=1S/C21H28N2O5S2/c1-16-15-20(17(2)29-16)30(25,26)23-12-10-22(11-13-23)21(24)5-4-14-28-19-8-6-18(27-3)7-9-19/h6-9,15H,4-5,10-14H2,1-3H3. The Labute approximate surface area is 182 Å². The number of piperazine rings is 1. The van der Waals surface area contributed by atoms with Gasteiger partial charge in [0.2, 0.25) is 15.9 Å². The second kappa shape index (κ2) is 9.80. The first kappa shape index (κ1) is 22.6. The smallest absolute Gasteiger partial charge is 0.244 e. The van der Waals surface area contributed by atoms with Gasteiger partial charge in [-0.05, 0) is 50.6 Å². The number of methoxy groups -OCH3 is 1. The van der Waals surface area contributed by atoms with Gasteiger partial charge in [0.15, 0.2) is 0 Å². The molecule has 1 aromatic carbocycles. The van der Waals surface area contributed by atoms with Crippen molar-refractivity contribution in [2.75, 3.05) is 39.9 Å². The monoisotopic (exact) mass is 452 g/mol. The minimum Gasteiger partial charge on any atom is -0.497 e. The Bertz CT molecular complexity index is 962. The van der Waals surface area contributed by atoms with E-state index in [0.29, 0.717) is 50.5 Å². The second-order valence-electron chi connectivity index (χ2n) is 7.19. The van der Waals surface area contributed by atoms with Crippen LogP contribution in [-0.4, -0.2) is 63.4 Å². The lowest BCUT2D eigenvalue weighted by molar-refractivity contribution is -0.132. The average Bonchev–Trinajstić information content (AvgIpc) is 3.10. The fraction of sp³-hybridized carbons (Fsp3) is 0.476. The van der Waals surface area contributed by atoms with Crippen LogP contribution in [0.1, 0.15) is 22.6 Å². The molecule has 164 valence electrons. The van der Waals surface area contributed by atoms with Crippen molar-refractivity contribution < 1.29 is 22.7 Å². The van der Waals surface area contributed by atoms with E-state index in [9.17, 15) is 13.2 Å². The van der Waals surface area contributed by atoms with Crippen LogP contribution < -0.4 is 9.47 Å². The van der Waals surface area contributed by atoms with Crippen molar-refractivity contribution >= 4 is 27.3 Å². The molecule has 3 rings (SSSR count). The normalized spacial score (nSPS) is 15.2. The molecular formula is C21H28N2O5S2. The SMILES string of the molecule is COc1ccc(OCCCC(=O)N2CCN(S(=O)(=O)c3cc(C)sc3C)CC2)cc1. The van der Waals surface area contributed by atoms with Crippen molar-refractivity contribution in [2.45, 2.75) is 31.6 Å². The summed E-state index contributed by atoms with van der Waals surface area (Å²) in [7, 11) is -1.89. The highest BCUT2D eigenvalue weighted by molar-refractivity contribution is 7.89. The van der Waals surface area contributed by atoms with Gasteiger partial charge in [0, 0.05) is 42.4 Å². The molecule has 0 radical (unpaired) electrons. The van der Waals surface area contributed by atoms with Crippen LogP contribution in [0.3, 0.4) is 0 Å². The predicted octanol–water partition coefficient (Wildman–Crippen LogP) is 3.07. The van der Waals surface area contributed by atoms with Gasteiger partial charge >= 0.3 is 0 Å². The number of thiophene rings is 1. The Kier molecular flexibility index (Phi) is 7.38. The molecule has 7 nitrogen and oxygen atoms in total. The number of aryl methyl sites for hydroxylation is 2. The lowest BCUT2D eigenvalue weighted by Gasteiger charge is -2.34. The van der Waals surface area contributed by atoms with Gasteiger partial charge < -0.3 is 14.4 Å². The number of carbonyl (C=O) groups excluding carboxylic acids is 1. The maximum atomic E-state index is 12.9. The van der Waals surface area contributed by atoms with Gasteiger partial charge in [-0.2, -0.15) is 4.31 Å². The van der Waals surface area contributed by atoms with Crippen LogP contribution >= 0.6 is 11.3 Å². The number of amides is 1. The third-order valence-corrected chi connectivity index (χ3v) is 8.19. The van der Waals surface area contributed by atoms with Gasteiger partial charge in [0.05, 0.1) is 18.6 Å². The van der Waals surface area contributed by atoms with Crippen LogP contribution in [0.2, 0.25) is 0 Å². The summed E-state index contributed by atoms with van der Waals surface area (Å²) >= 11 is 1.49. The highest BCUT2D eigenvalue weighted by Crippen LogP contribution is 2.28. The van der Waals surface area contributed by atoms with Crippen molar-refractivity contribution in [3.8, 4) is 11.5 Å². The van der Waals surface area contributed by atoms with Crippen molar-refractivity contribution in [3.63, 3.8) is 0 Å². The van der Waals surface area contributed by atoms with Crippen molar-refractivity contribution in [1.29, 1.82) is 0 Å². The van der Waals surface area contributed by atoms with E-state index < -0.39 is 10.0 Å². The minimum atomic E-state index is -3.50. The Morgan fingerprint density at radius 1 is 1.07 bits per heavy atom. The topological polar surface area (TPSA) is 76.2 Å². The van der Waals surface area contributed by atoms with E-state index in [1.54, 1.807) is 18.1 Å². The van der Waals surface area contributed by atoms with E-state index in [4.69, 9.17) is 9.47 Å². The minimum absolute atomic E-state index is 0.0351. The number of ether oxygens (including phenoxy) is 2. The van der Waals surface area contributed by atoms with Gasteiger partial charge in [-0.15, -0.1) is 11.3 Å². The molecule has 1 amide bonds. The van der Waals surface area contributed by atoms with Crippen LogP contribution in [0.5, 0.6) is 11.5 Å². The average molecular weight is 453 g/mol. The molecule has 1 saturated heterocycles. The predicted molar refractivity (Wildman–Crippen MR) is 117 cm³/mol. The fourth-order valence-electron chi connectivity index (χ4n) is 3.42. The molecule has 9 heteroatoms. The molecule has 0 spiro atoms. The van der Waals surface area contributed by atoms with Gasteiger partial charge in [-0.1, -0.05) is 0 Å². The Morgan fingerprint density at radius 3 is 2.27 bits per heavy atom. The third-order valence-electron chi connectivity index (χ3n) is 5.07. The maximum Gasteiger partial charge on any atom is 0.244 e. The molecule has 1 aromatic heterocycles. The lowest BCUT2D eigenvalue weighted by Crippen LogP contribution is -2.50. The van der Waals surface area contributed by atoms with Crippen LogP contribution in [0.15, 0.2) is 35.2 Å². The summed E-state index contributed by atoms with van der Waals surface area (Å²) in [5, 5.41) is 0. The van der Waals surface area contributed by atoms with E-state index in [-0.39, 0.29) is 5.91 Å². The number of rotatable bonds is 8. The van der Waals surface area contributed by atoms with Crippen LogP contribution in [0, 0.1) is 13.8 Å². The number of hydrogen-bond donors (Lipinski definition) is 0. The highest BCUT2D eigenvalue weighted by atomic mass is 32.2. The van der Waals surface area contributed by atoms with E-state index in [0.717, 1.165) is 21.3 Å². The zero-order chi connectivity index (χ0) is 21.7. The summed E-state index contributed by atoms with van der Waals surface area (Å²) in [4.78, 5) is 16.4. The Balaban J connectivity index is 1.43. The molecule has 30 heavy (non-hydrogen) atoms. The molecule has 0 atom stereocenters. The number of hydrogen-bond acceptors (Lipinski definition) is 6. The molecule has 1 fully saturated rings. The summed E-state index contributed by atoms with van der Waals surface area (Å²) in [6.45, 7) is 5.67. The second-order valence-corrected chi connectivity index (χ2v) is 10.6. The lowest BCUT2D eigenvalue weighted by atomic mass is 10.2.